The second kappa shape index (κ2) is 4.17. The zero-order valence-corrected chi connectivity index (χ0v) is 10.5. The summed E-state index contributed by atoms with van der Waals surface area (Å²) in [6.07, 6.45) is 3.82. The summed E-state index contributed by atoms with van der Waals surface area (Å²) in [5, 5.41) is 0. The van der Waals surface area contributed by atoms with Gasteiger partial charge in [0.15, 0.2) is 0 Å². The van der Waals surface area contributed by atoms with E-state index in [-0.39, 0.29) is 0 Å². The van der Waals surface area contributed by atoms with Crippen molar-refractivity contribution in [3.63, 3.8) is 0 Å². The molecular formula is C15H20N2. The summed E-state index contributed by atoms with van der Waals surface area (Å²) >= 11 is 0. The van der Waals surface area contributed by atoms with E-state index in [2.05, 4.69) is 47.1 Å². The van der Waals surface area contributed by atoms with Crippen molar-refractivity contribution in [3.8, 4) is 0 Å². The molecule has 2 heterocycles. The molecule has 0 atom stereocenters. The highest BCUT2D eigenvalue weighted by Gasteiger charge is 2.37. The Labute approximate surface area is 103 Å². The topological polar surface area (TPSA) is 15.6 Å². The number of piperidine rings is 1. The Balaban J connectivity index is 1.65. The third kappa shape index (κ3) is 2.08. The fourth-order valence-electron chi connectivity index (χ4n) is 3.17. The number of para-hydroxylation sites is 1. The van der Waals surface area contributed by atoms with E-state index in [1.54, 1.807) is 0 Å². The van der Waals surface area contributed by atoms with Crippen molar-refractivity contribution in [3.05, 3.63) is 30.3 Å². The molecule has 0 radical (unpaired) electrons. The molecule has 0 saturated carbocycles. The lowest BCUT2D eigenvalue weighted by atomic mass is 9.76. The van der Waals surface area contributed by atoms with Crippen LogP contribution in [0.2, 0.25) is 0 Å². The summed E-state index contributed by atoms with van der Waals surface area (Å²) in [6, 6.07) is 10.8. The Morgan fingerprint density at radius 3 is 2.41 bits per heavy atom. The predicted octanol–water partition coefficient (Wildman–Crippen LogP) is 3.14. The second-order valence-electron chi connectivity index (χ2n) is 5.55. The Morgan fingerprint density at radius 2 is 1.82 bits per heavy atom. The fourth-order valence-corrected chi connectivity index (χ4v) is 3.17. The number of nitrogens with zero attached hydrogens (tertiary/aromatic N) is 2. The van der Waals surface area contributed by atoms with Gasteiger partial charge in [0.2, 0.25) is 0 Å². The van der Waals surface area contributed by atoms with Crippen LogP contribution in [0.15, 0.2) is 35.3 Å². The maximum absolute atomic E-state index is 4.61. The van der Waals surface area contributed by atoms with Crippen LogP contribution < -0.4 is 4.90 Å². The number of benzene rings is 1. The van der Waals surface area contributed by atoms with Gasteiger partial charge in [0.05, 0.1) is 0 Å². The molecule has 0 N–H and O–H groups in total. The molecule has 17 heavy (non-hydrogen) atoms. The molecule has 2 heteroatoms. The van der Waals surface area contributed by atoms with Crippen molar-refractivity contribution in [2.45, 2.75) is 26.2 Å². The van der Waals surface area contributed by atoms with Crippen LogP contribution in [0.25, 0.3) is 0 Å². The molecule has 1 spiro atoms. The minimum absolute atomic E-state index is 0.509. The molecule has 1 fully saturated rings. The van der Waals surface area contributed by atoms with E-state index in [9.17, 15) is 0 Å². The molecule has 2 aliphatic rings. The highest BCUT2D eigenvalue weighted by Crippen LogP contribution is 2.40. The first-order valence-corrected chi connectivity index (χ1v) is 6.57. The van der Waals surface area contributed by atoms with Crippen LogP contribution in [0.1, 0.15) is 26.2 Å². The Bertz CT molecular complexity index is 414. The number of rotatable bonds is 1. The average molecular weight is 228 g/mol. The van der Waals surface area contributed by atoms with Crippen molar-refractivity contribution in [1.29, 1.82) is 0 Å². The number of hydrogen-bond donors (Lipinski definition) is 0. The minimum Gasteiger partial charge on any atom is -0.371 e. The first-order valence-electron chi connectivity index (χ1n) is 6.57. The van der Waals surface area contributed by atoms with Crippen molar-refractivity contribution < 1.29 is 0 Å². The van der Waals surface area contributed by atoms with Crippen LogP contribution in [0.3, 0.4) is 0 Å². The van der Waals surface area contributed by atoms with Gasteiger partial charge in [-0.3, -0.25) is 4.99 Å². The zero-order valence-electron chi connectivity index (χ0n) is 10.5. The number of anilines is 1. The molecule has 0 amide bonds. The summed E-state index contributed by atoms with van der Waals surface area (Å²) in [6.45, 7) is 5.62. The van der Waals surface area contributed by atoms with Crippen LogP contribution in [0.4, 0.5) is 5.69 Å². The van der Waals surface area contributed by atoms with Crippen LogP contribution in [0.5, 0.6) is 0 Å². The average Bonchev–Trinajstić information content (AvgIpc) is 2.73. The van der Waals surface area contributed by atoms with Gasteiger partial charge in [-0.2, -0.15) is 0 Å². The lowest BCUT2D eigenvalue weighted by Gasteiger charge is -2.40. The highest BCUT2D eigenvalue weighted by molar-refractivity contribution is 5.84. The van der Waals surface area contributed by atoms with Gasteiger partial charge in [0, 0.05) is 31.0 Å². The highest BCUT2D eigenvalue weighted by atomic mass is 15.1. The van der Waals surface area contributed by atoms with Gasteiger partial charge in [0.25, 0.3) is 0 Å². The van der Waals surface area contributed by atoms with Crippen molar-refractivity contribution >= 4 is 11.4 Å². The van der Waals surface area contributed by atoms with E-state index in [0.717, 1.165) is 6.54 Å². The molecule has 1 saturated heterocycles. The molecule has 0 aromatic heterocycles. The largest absolute Gasteiger partial charge is 0.371 e. The van der Waals surface area contributed by atoms with Crippen LogP contribution >= 0.6 is 0 Å². The molecule has 0 bridgehead atoms. The first kappa shape index (κ1) is 10.8. The number of hydrogen-bond acceptors (Lipinski definition) is 2. The lowest BCUT2D eigenvalue weighted by Crippen LogP contribution is -2.40. The standard InChI is InChI=1S/C15H20N2/c1-13-11-15(12-16-13)7-9-17(10-8-15)14-5-3-2-4-6-14/h2-6H,7-12H2,1H3. The quantitative estimate of drug-likeness (QED) is 0.721. The summed E-state index contributed by atoms with van der Waals surface area (Å²) in [5.74, 6) is 0. The van der Waals surface area contributed by atoms with Gasteiger partial charge in [-0.05, 0) is 43.7 Å². The molecule has 0 aliphatic carbocycles. The van der Waals surface area contributed by atoms with Crippen LogP contribution in [-0.2, 0) is 0 Å². The van der Waals surface area contributed by atoms with Gasteiger partial charge < -0.3 is 4.90 Å². The van der Waals surface area contributed by atoms with Gasteiger partial charge in [0.1, 0.15) is 0 Å². The van der Waals surface area contributed by atoms with E-state index in [1.165, 1.54) is 43.8 Å². The van der Waals surface area contributed by atoms with Crippen molar-refractivity contribution in [2.24, 2.45) is 10.4 Å². The van der Waals surface area contributed by atoms with Gasteiger partial charge in [-0.1, -0.05) is 18.2 Å². The van der Waals surface area contributed by atoms with Crippen LogP contribution in [0, 0.1) is 5.41 Å². The summed E-state index contributed by atoms with van der Waals surface area (Å²) in [5.41, 5.74) is 3.24. The fraction of sp³-hybridized carbons (Fsp3) is 0.533. The lowest BCUT2D eigenvalue weighted by molar-refractivity contribution is 0.253. The molecule has 3 rings (SSSR count). The smallest absolute Gasteiger partial charge is 0.0449 e. The Morgan fingerprint density at radius 1 is 1.12 bits per heavy atom. The molecule has 90 valence electrons. The SMILES string of the molecule is CC1=NCC2(CCN(c3ccccc3)CC2)C1. The predicted molar refractivity (Wildman–Crippen MR) is 72.9 cm³/mol. The third-order valence-corrected chi connectivity index (χ3v) is 4.26. The van der Waals surface area contributed by atoms with Gasteiger partial charge >= 0.3 is 0 Å². The third-order valence-electron chi connectivity index (χ3n) is 4.26. The normalized spacial score (nSPS) is 22.9. The summed E-state index contributed by atoms with van der Waals surface area (Å²) < 4.78 is 0. The van der Waals surface area contributed by atoms with Gasteiger partial charge in [-0.15, -0.1) is 0 Å². The summed E-state index contributed by atoms with van der Waals surface area (Å²) in [4.78, 5) is 7.12. The molecule has 1 aromatic carbocycles. The minimum atomic E-state index is 0.509. The zero-order chi connectivity index (χ0) is 11.7. The Hall–Kier alpha value is -1.31. The molecular weight excluding hydrogens is 208 g/mol. The molecule has 0 unspecified atom stereocenters. The molecule has 2 nitrogen and oxygen atoms in total. The molecule has 1 aromatic rings. The first-order chi connectivity index (χ1) is 8.27. The van der Waals surface area contributed by atoms with Crippen molar-refractivity contribution in [2.75, 3.05) is 24.5 Å². The summed E-state index contributed by atoms with van der Waals surface area (Å²) in [7, 11) is 0. The van der Waals surface area contributed by atoms with E-state index < -0.39 is 0 Å². The Kier molecular flexibility index (Phi) is 2.65. The van der Waals surface area contributed by atoms with E-state index in [1.807, 2.05) is 0 Å². The second-order valence-corrected chi connectivity index (χ2v) is 5.55. The van der Waals surface area contributed by atoms with E-state index in [4.69, 9.17) is 0 Å². The van der Waals surface area contributed by atoms with Crippen molar-refractivity contribution in [1.82, 2.24) is 0 Å². The maximum Gasteiger partial charge on any atom is 0.0449 e. The van der Waals surface area contributed by atoms with E-state index >= 15 is 0 Å². The number of aliphatic imine (C=N–C) groups is 1. The van der Waals surface area contributed by atoms with Gasteiger partial charge in [-0.25, -0.2) is 0 Å². The van der Waals surface area contributed by atoms with E-state index in [0.29, 0.717) is 5.41 Å². The monoisotopic (exact) mass is 228 g/mol. The van der Waals surface area contributed by atoms with Crippen LogP contribution in [-0.4, -0.2) is 25.3 Å². The maximum atomic E-state index is 4.61. The molecule has 2 aliphatic heterocycles.